The van der Waals surface area contributed by atoms with Crippen molar-refractivity contribution in [2.45, 2.75) is 12.8 Å². The number of aromatic nitrogens is 1. The number of methoxy groups -OCH3 is 1. The highest BCUT2D eigenvalue weighted by atomic mass is 35.5. The molecule has 0 saturated heterocycles. The molecule has 0 radical (unpaired) electrons. The van der Waals surface area contributed by atoms with Gasteiger partial charge in [0.15, 0.2) is 0 Å². The predicted octanol–water partition coefficient (Wildman–Crippen LogP) is 4.51. The van der Waals surface area contributed by atoms with E-state index in [2.05, 4.69) is 10.3 Å². The highest BCUT2D eigenvalue weighted by Gasteiger charge is 2.39. The second-order valence-corrected chi connectivity index (χ2v) is 6.80. The Morgan fingerprint density at radius 2 is 1.85 bits per heavy atom. The fourth-order valence-electron chi connectivity index (χ4n) is 3.67. The molecule has 1 unspecified atom stereocenters. The van der Waals surface area contributed by atoms with Crippen LogP contribution in [0.3, 0.4) is 0 Å². The van der Waals surface area contributed by atoms with Crippen LogP contribution in [0.15, 0.2) is 48.5 Å². The first kappa shape index (κ1) is 17.4. The van der Waals surface area contributed by atoms with Crippen molar-refractivity contribution in [3.8, 4) is 11.3 Å². The number of aryl methyl sites for hydroxylation is 1. The molecule has 2 N–H and O–H groups in total. The van der Waals surface area contributed by atoms with E-state index >= 15 is 0 Å². The predicted molar refractivity (Wildman–Crippen MR) is 104 cm³/mol. The first-order valence-electron chi connectivity index (χ1n) is 8.48. The third-order valence-corrected chi connectivity index (χ3v) is 5.15. The zero-order valence-corrected chi connectivity index (χ0v) is 15.6. The second-order valence-electron chi connectivity index (χ2n) is 6.40. The lowest BCUT2D eigenvalue weighted by Gasteiger charge is -2.13. The Balaban J connectivity index is 2.01. The van der Waals surface area contributed by atoms with E-state index in [4.69, 9.17) is 16.3 Å². The molecule has 2 aromatic carbocycles. The fraction of sp³-hybridized carbons (Fsp3) is 0.143. The smallest absolute Gasteiger partial charge is 0.340 e. The Morgan fingerprint density at radius 1 is 1.11 bits per heavy atom. The lowest BCUT2D eigenvalue weighted by molar-refractivity contribution is -0.116. The third kappa shape index (κ3) is 2.71. The highest BCUT2D eigenvalue weighted by Crippen LogP contribution is 2.45. The number of para-hydroxylation sites is 1. The van der Waals surface area contributed by atoms with E-state index in [0.717, 1.165) is 16.8 Å². The quantitative estimate of drug-likeness (QED) is 0.656. The number of carbonyl (C=O) groups is 2. The van der Waals surface area contributed by atoms with Crippen LogP contribution in [0.4, 0.5) is 5.69 Å². The summed E-state index contributed by atoms with van der Waals surface area (Å²) in [7, 11) is 1.33. The number of ether oxygens (including phenoxy) is 1. The van der Waals surface area contributed by atoms with Gasteiger partial charge in [0.25, 0.3) is 0 Å². The van der Waals surface area contributed by atoms with Gasteiger partial charge in [-0.2, -0.15) is 0 Å². The highest BCUT2D eigenvalue weighted by molar-refractivity contribution is 6.34. The monoisotopic (exact) mass is 380 g/mol. The molecule has 3 aromatic rings. The molecule has 2 heterocycles. The maximum atomic E-state index is 12.9. The number of rotatable bonds is 3. The van der Waals surface area contributed by atoms with Crippen LogP contribution < -0.4 is 5.32 Å². The standard InChI is InChI=1S/C21H17ClN2O3/c1-11-15(21(26)27-2)17(18(23-11)12-7-4-3-5-8-12)16-13-9-6-10-14(22)19(13)24-20(16)25/h3-10,16,23H,1-2H3,(H,24,25). The minimum absolute atomic E-state index is 0.223. The molecule has 1 aliphatic heterocycles. The summed E-state index contributed by atoms with van der Waals surface area (Å²) >= 11 is 6.27. The fourth-order valence-corrected chi connectivity index (χ4v) is 3.90. The molecule has 0 spiro atoms. The van der Waals surface area contributed by atoms with Crippen molar-refractivity contribution in [1.29, 1.82) is 0 Å². The Labute approximate surface area is 161 Å². The number of halogens is 1. The summed E-state index contributed by atoms with van der Waals surface area (Å²) in [5, 5.41) is 3.32. The van der Waals surface area contributed by atoms with Crippen LogP contribution in [-0.4, -0.2) is 24.0 Å². The minimum atomic E-state index is -0.659. The van der Waals surface area contributed by atoms with Crippen LogP contribution in [0.1, 0.15) is 33.1 Å². The van der Waals surface area contributed by atoms with Crippen LogP contribution in [-0.2, 0) is 9.53 Å². The molecule has 0 aliphatic carbocycles. The van der Waals surface area contributed by atoms with Crippen molar-refractivity contribution in [2.75, 3.05) is 12.4 Å². The topological polar surface area (TPSA) is 71.2 Å². The van der Waals surface area contributed by atoms with Gasteiger partial charge < -0.3 is 15.0 Å². The van der Waals surface area contributed by atoms with Crippen molar-refractivity contribution < 1.29 is 14.3 Å². The molecule has 5 nitrogen and oxygen atoms in total. The lowest BCUT2D eigenvalue weighted by Crippen LogP contribution is -2.17. The van der Waals surface area contributed by atoms with Gasteiger partial charge in [-0.3, -0.25) is 4.79 Å². The Morgan fingerprint density at radius 3 is 2.56 bits per heavy atom. The van der Waals surface area contributed by atoms with Gasteiger partial charge in [-0.25, -0.2) is 4.79 Å². The number of fused-ring (bicyclic) bond motifs is 1. The average molecular weight is 381 g/mol. The van der Waals surface area contributed by atoms with Crippen molar-refractivity contribution >= 4 is 29.2 Å². The number of H-pyrrole nitrogens is 1. The van der Waals surface area contributed by atoms with Gasteiger partial charge in [0.1, 0.15) is 0 Å². The van der Waals surface area contributed by atoms with Gasteiger partial charge >= 0.3 is 5.97 Å². The number of carbonyl (C=O) groups excluding carboxylic acids is 2. The van der Waals surface area contributed by atoms with E-state index in [1.165, 1.54) is 7.11 Å². The van der Waals surface area contributed by atoms with Crippen LogP contribution in [0.25, 0.3) is 11.3 Å². The SMILES string of the molecule is COC(=O)c1c(C)[nH]c(-c2ccccc2)c1C1C(=O)Nc2c(Cl)cccc21. The van der Waals surface area contributed by atoms with Gasteiger partial charge in [0, 0.05) is 11.3 Å². The van der Waals surface area contributed by atoms with E-state index in [1.54, 1.807) is 19.1 Å². The van der Waals surface area contributed by atoms with Gasteiger partial charge in [0.05, 0.1) is 35.0 Å². The molecule has 6 heteroatoms. The zero-order valence-electron chi connectivity index (χ0n) is 14.8. The van der Waals surface area contributed by atoms with Crippen molar-refractivity contribution in [1.82, 2.24) is 4.98 Å². The van der Waals surface area contributed by atoms with Gasteiger partial charge in [0.2, 0.25) is 5.91 Å². The Hall–Kier alpha value is -3.05. The minimum Gasteiger partial charge on any atom is -0.465 e. The van der Waals surface area contributed by atoms with Crippen molar-refractivity contribution in [2.24, 2.45) is 0 Å². The Bertz CT molecular complexity index is 1060. The number of anilines is 1. The van der Waals surface area contributed by atoms with Crippen LogP contribution >= 0.6 is 11.6 Å². The van der Waals surface area contributed by atoms with Crippen molar-refractivity contribution in [3.63, 3.8) is 0 Å². The molecular weight excluding hydrogens is 364 g/mol. The summed E-state index contributed by atoms with van der Waals surface area (Å²) in [6, 6.07) is 15.0. The van der Waals surface area contributed by atoms with Gasteiger partial charge in [-0.05, 0) is 24.1 Å². The third-order valence-electron chi connectivity index (χ3n) is 4.83. The van der Waals surface area contributed by atoms with Crippen molar-refractivity contribution in [3.05, 3.63) is 75.9 Å². The number of benzene rings is 2. The van der Waals surface area contributed by atoms with E-state index in [-0.39, 0.29) is 5.91 Å². The number of aromatic amines is 1. The number of amides is 1. The normalized spacial score (nSPS) is 15.4. The second kappa shape index (κ2) is 6.59. The molecule has 1 amide bonds. The molecule has 1 atom stereocenters. The summed E-state index contributed by atoms with van der Waals surface area (Å²) in [6.07, 6.45) is 0. The summed E-state index contributed by atoms with van der Waals surface area (Å²) < 4.78 is 5.00. The van der Waals surface area contributed by atoms with E-state index in [0.29, 0.717) is 27.5 Å². The molecule has 4 rings (SSSR count). The largest absolute Gasteiger partial charge is 0.465 e. The Kier molecular flexibility index (Phi) is 4.24. The van der Waals surface area contributed by atoms with Crippen LogP contribution in [0.2, 0.25) is 5.02 Å². The van der Waals surface area contributed by atoms with Crippen LogP contribution in [0.5, 0.6) is 0 Å². The summed E-state index contributed by atoms with van der Waals surface area (Å²) in [5.41, 5.74) is 4.57. The molecule has 136 valence electrons. The lowest BCUT2D eigenvalue weighted by atomic mass is 9.87. The summed E-state index contributed by atoms with van der Waals surface area (Å²) in [5.74, 6) is -1.36. The number of nitrogens with one attached hydrogen (secondary N) is 2. The van der Waals surface area contributed by atoms with E-state index < -0.39 is 11.9 Å². The summed E-state index contributed by atoms with van der Waals surface area (Å²) in [6.45, 7) is 1.80. The van der Waals surface area contributed by atoms with E-state index in [9.17, 15) is 9.59 Å². The van der Waals surface area contributed by atoms with Gasteiger partial charge in [-0.1, -0.05) is 54.1 Å². The number of hydrogen-bond donors (Lipinski definition) is 2. The molecule has 1 aromatic heterocycles. The number of esters is 1. The van der Waals surface area contributed by atoms with Crippen LogP contribution in [0, 0.1) is 6.92 Å². The molecular formula is C21H17ClN2O3. The zero-order chi connectivity index (χ0) is 19.1. The average Bonchev–Trinajstić information content (AvgIpc) is 3.19. The molecule has 0 saturated carbocycles. The molecule has 1 aliphatic rings. The molecule has 0 bridgehead atoms. The summed E-state index contributed by atoms with van der Waals surface area (Å²) in [4.78, 5) is 28.7. The molecule has 0 fully saturated rings. The first-order valence-corrected chi connectivity index (χ1v) is 8.86. The maximum absolute atomic E-state index is 12.9. The van der Waals surface area contributed by atoms with E-state index in [1.807, 2.05) is 36.4 Å². The molecule has 27 heavy (non-hydrogen) atoms. The number of hydrogen-bond acceptors (Lipinski definition) is 3. The maximum Gasteiger partial charge on any atom is 0.340 e. The van der Waals surface area contributed by atoms with Gasteiger partial charge in [-0.15, -0.1) is 0 Å². The first-order chi connectivity index (χ1) is 13.0.